The van der Waals surface area contributed by atoms with Crippen LogP contribution in [0.3, 0.4) is 0 Å². The van der Waals surface area contributed by atoms with Crippen LogP contribution in [0.25, 0.3) is 0 Å². The normalized spacial score (nSPS) is 10.1. The first kappa shape index (κ1) is 10.8. The molecule has 78 valence electrons. The number of nitrogens with zero attached hydrogens (tertiary/aromatic N) is 1. The van der Waals surface area contributed by atoms with E-state index in [-0.39, 0.29) is 5.91 Å². The molecule has 0 bridgehead atoms. The first-order valence-electron chi connectivity index (χ1n) is 4.99. The van der Waals surface area contributed by atoms with Crippen molar-refractivity contribution in [1.29, 1.82) is 0 Å². The summed E-state index contributed by atoms with van der Waals surface area (Å²) in [6.45, 7) is 4.60. The molecule has 0 aliphatic heterocycles. The first-order chi connectivity index (χ1) is 6.74. The van der Waals surface area contributed by atoms with Crippen LogP contribution in [0.1, 0.15) is 37.4 Å². The Bertz CT molecular complexity index is 293. The fraction of sp³-hybridized carbons (Fsp3) is 0.600. The molecular weight excluding hydrogens is 178 g/mol. The van der Waals surface area contributed by atoms with E-state index in [0.717, 1.165) is 24.1 Å². The van der Waals surface area contributed by atoms with Gasteiger partial charge in [-0.1, -0.05) is 13.3 Å². The monoisotopic (exact) mass is 195 g/mol. The molecule has 0 aromatic carbocycles. The minimum Gasteiger partial charge on any atom is -0.352 e. The number of unbranched alkanes of at least 4 members (excludes halogenated alkanes) is 1. The van der Waals surface area contributed by atoms with Crippen LogP contribution in [0.15, 0.2) is 6.20 Å². The van der Waals surface area contributed by atoms with Crippen LogP contribution < -0.4 is 5.32 Å². The number of nitrogens with one attached hydrogen (secondary N) is 2. The number of rotatable bonds is 5. The van der Waals surface area contributed by atoms with Crippen LogP contribution in [0.5, 0.6) is 0 Å². The SMILES string of the molecule is CCCCC(=O)NCc1cn[nH]c1C. The van der Waals surface area contributed by atoms with Crippen LogP contribution in [0.4, 0.5) is 0 Å². The summed E-state index contributed by atoms with van der Waals surface area (Å²) >= 11 is 0. The number of carbonyl (C=O) groups excluding carboxylic acids is 1. The Morgan fingerprint density at radius 1 is 1.64 bits per heavy atom. The van der Waals surface area contributed by atoms with Crippen molar-refractivity contribution in [2.45, 2.75) is 39.7 Å². The van der Waals surface area contributed by atoms with E-state index in [4.69, 9.17) is 0 Å². The minimum atomic E-state index is 0.118. The lowest BCUT2D eigenvalue weighted by Gasteiger charge is -2.03. The zero-order valence-electron chi connectivity index (χ0n) is 8.76. The van der Waals surface area contributed by atoms with Crippen molar-refractivity contribution in [3.8, 4) is 0 Å². The average Bonchev–Trinajstić information content (AvgIpc) is 2.58. The first-order valence-corrected chi connectivity index (χ1v) is 4.99. The van der Waals surface area contributed by atoms with Crippen molar-refractivity contribution in [3.63, 3.8) is 0 Å². The number of aromatic amines is 1. The lowest BCUT2D eigenvalue weighted by Crippen LogP contribution is -2.22. The summed E-state index contributed by atoms with van der Waals surface area (Å²) in [6, 6.07) is 0. The Hall–Kier alpha value is -1.32. The van der Waals surface area contributed by atoms with Crippen LogP contribution in [0.2, 0.25) is 0 Å². The lowest BCUT2D eigenvalue weighted by molar-refractivity contribution is -0.121. The van der Waals surface area contributed by atoms with Gasteiger partial charge in [0.25, 0.3) is 0 Å². The van der Waals surface area contributed by atoms with Gasteiger partial charge in [-0.25, -0.2) is 0 Å². The van der Waals surface area contributed by atoms with E-state index in [2.05, 4.69) is 22.4 Å². The van der Waals surface area contributed by atoms with E-state index in [1.807, 2.05) is 6.92 Å². The number of H-pyrrole nitrogens is 1. The molecule has 0 spiro atoms. The summed E-state index contributed by atoms with van der Waals surface area (Å²) in [6.07, 6.45) is 4.37. The van der Waals surface area contributed by atoms with Gasteiger partial charge in [0.15, 0.2) is 0 Å². The highest BCUT2D eigenvalue weighted by Gasteiger charge is 2.03. The second-order valence-electron chi connectivity index (χ2n) is 3.40. The molecule has 4 heteroatoms. The standard InChI is InChI=1S/C10H17N3O/c1-3-4-5-10(14)11-6-9-7-12-13-8(9)2/h7H,3-6H2,1-2H3,(H,11,14)(H,12,13). The fourth-order valence-corrected chi connectivity index (χ4v) is 1.17. The molecule has 2 N–H and O–H groups in total. The third-order valence-corrected chi connectivity index (χ3v) is 2.17. The van der Waals surface area contributed by atoms with Gasteiger partial charge in [0, 0.05) is 24.2 Å². The minimum absolute atomic E-state index is 0.118. The molecule has 0 fully saturated rings. The van der Waals surface area contributed by atoms with E-state index in [9.17, 15) is 4.79 Å². The topological polar surface area (TPSA) is 57.8 Å². The van der Waals surface area contributed by atoms with E-state index in [1.54, 1.807) is 6.20 Å². The molecule has 1 heterocycles. The molecule has 14 heavy (non-hydrogen) atoms. The molecule has 0 aliphatic carbocycles. The van der Waals surface area contributed by atoms with Gasteiger partial charge < -0.3 is 5.32 Å². The van der Waals surface area contributed by atoms with Crippen molar-refractivity contribution in [3.05, 3.63) is 17.5 Å². The molecule has 0 unspecified atom stereocenters. The number of aromatic nitrogens is 2. The number of amides is 1. The Balaban J connectivity index is 2.27. The summed E-state index contributed by atoms with van der Waals surface area (Å²) in [5.74, 6) is 0.118. The third-order valence-electron chi connectivity index (χ3n) is 2.17. The summed E-state index contributed by atoms with van der Waals surface area (Å²) in [7, 11) is 0. The zero-order valence-corrected chi connectivity index (χ0v) is 8.76. The lowest BCUT2D eigenvalue weighted by atomic mass is 10.2. The van der Waals surface area contributed by atoms with Crippen molar-refractivity contribution < 1.29 is 4.79 Å². The van der Waals surface area contributed by atoms with Crippen LogP contribution in [0, 0.1) is 6.92 Å². The quantitative estimate of drug-likeness (QED) is 0.748. The van der Waals surface area contributed by atoms with E-state index in [0.29, 0.717) is 13.0 Å². The zero-order chi connectivity index (χ0) is 10.4. The van der Waals surface area contributed by atoms with Crippen molar-refractivity contribution >= 4 is 5.91 Å². The highest BCUT2D eigenvalue weighted by molar-refractivity contribution is 5.75. The predicted octanol–water partition coefficient (Wildman–Crippen LogP) is 1.52. The van der Waals surface area contributed by atoms with Gasteiger partial charge in [0.05, 0.1) is 6.20 Å². The van der Waals surface area contributed by atoms with E-state index in [1.165, 1.54) is 0 Å². The van der Waals surface area contributed by atoms with Gasteiger partial charge in [-0.05, 0) is 13.3 Å². The molecule has 0 atom stereocenters. The molecule has 4 nitrogen and oxygen atoms in total. The molecule has 1 rings (SSSR count). The van der Waals surface area contributed by atoms with Crippen LogP contribution in [-0.4, -0.2) is 16.1 Å². The molecule has 1 amide bonds. The number of hydrogen-bond donors (Lipinski definition) is 2. The highest BCUT2D eigenvalue weighted by Crippen LogP contribution is 2.02. The number of aryl methyl sites for hydroxylation is 1. The second-order valence-corrected chi connectivity index (χ2v) is 3.40. The molecule has 1 aromatic rings. The van der Waals surface area contributed by atoms with Crippen LogP contribution in [-0.2, 0) is 11.3 Å². The Kier molecular flexibility index (Phi) is 4.16. The third kappa shape index (κ3) is 3.20. The molecule has 0 radical (unpaired) electrons. The average molecular weight is 195 g/mol. The van der Waals surface area contributed by atoms with Gasteiger partial charge in [-0.2, -0.15) is 5.10 Å². The van der Waals surface area contributed by atoms with E-state index >= 15 is 0 Å². The van der Waals surface area contributed by atoms with Gasteiger partial charge in [0.2, 0.25) is 5.91 Å². The maximum Gasteiger partial charge on any atom is 0.220 e. The molecule has 1 aromatic heterocycles. The summed E-state index contributed by atoms with van der Waals surface area (Å²) in [5.41, 5.74) is 2.07. The largest absolute Gasteiger partial charge is 0.352 e. The van der Waals surface area contributed by atoms with Gasteiger partial charge in [-0.15, -0.1) is 0 Å². The summed E-state index contributed by atoms with van der Waals surface area (Å²) in [4.78, 5) is 11.3. The van der Waals surface area contributed by atoms with Gasteiger partial charge >= 0.3 is 0 Å². The highest BCUT2D eigenvalue weighted by atomic mass is 16.1. The maximum absolute atomic E-state index is 11.3. The summed E-state index contributed by atoms with van der Waals surface area (Å²) < 4.78 is 0. The summed E-state index contributed by atoms with van der Waals surface area (Å²) in [5, 5.41) is 9.58. The maximum atomic E-state index is 11.3. The molecular formula is C10H17N3O. The van der Waals surface area contributed by atoms with Gasteiger partial charge in [0.1, 0.15) is 0 Å². The van der Waals surface area contributed by atoms with Gasteiger partial charge in [-0.3, -0.25) is 9.89 Å². The number of carbonyl (C=O) groups is 1. The predicted molar refractivity (Wildman–Crippen MR) is 54.7 cm³/mol. The van der Waals surface area contributed by atoms with Crippen molar-refractivity contribution in [1.82, 2.24) is 15.5 Å². The molecule has 0 aliphatic rings. The number of hydrogen-bond acceptors (Lipinski definition) is 2. The fourth-order valence-electron chi connectivity index (χ4n) is 1.17. The molecule has 0 saturated carbocycles. The van der Waals surface area contributed by atoms with Crippen molar-refractivity contribution in [2.75, 3.05) is 0 Å². The Morgan fingerprint density at radius 2 is 2.43 bits per heavy atom. The smallest absolute Gasteiger partial charge is 0.220 e. The van der Waals surface area contributed by atoms with E-state index < -0.39 is 0 Å². The van der Waals surface area contributed by atoms with Crippen LogP contribution >= 0.6 is 0 Å². The second kappa shape index (κ2) is 5.42. The molecule has 0 saturated heterocycles. The Morgan fingerprint density at radius 3 is 3.00 bits per heavy atom. The van der Waals surface area contributed by atoms with Crippen molar-refractivity contribution in [2.24, 2.45) is 0 Å². The Labute approximate surface area is 84.1 Å².